The van der Waals surface area contributed by atoms with E-state index in [1.54, 1.807) is 62.8 Å². The number of rotatable bonds is 6. The number of anilines is 1. The molecule has 7 nitrogen and oxygen atoms in total. The van der Waals surface area contributed by atoms with Crippen LogP contribution in [0.2, 0.25) is 5.02 Å². The lowest BCUT2D eigenvalue weighted by molar-refractivity contribution is -0.120. The number of nitriles is 1. The van der Waals surface area contributed by atoms with Crippen LogP contribution in [0.4, 0.5) is 10.1 Å². The van der Waals surface area contributed by atoms with E-state index >= 15 is 0 Å². The minimum Gasteiger partial charge on any atom is -0.345 e. The van der Waals surface area contributed by atoms with Crippen LogP contribution in [0.5, 0.6) is 0 Å². The van der Waals surface area contributed by atoms with Crippen molar-refractivity contribution in [1.82, 2.24) is 20.1 Å². The van der Waals surface area contributed by atoms with Gasteiger partial charge in [-0.15, -0.1) is 0 Å². The number of nitrogens with one attached hydrogen (secondary N) is 2. The zero-order valence-corrected chi connectivity index (χ0v) is 21.9. The zero-order valence-electron chi connectivity index (χ0n) is 18.8. The van der Waals surface area contributed by atoms with Gasteiger partial charge < -0.3 is 10.0 Å². The Labute approximate surface area is 214 Å². The van der Waals surface area contributed by atoms with Crippen LogP contribution < -0.4 is 10.0 Å². The SMILES string of the molecule is Cc1cc(C#N)cc(/C=C(\F)C(=O)NC(C)(C)C)c1NSc1cc(Br)nn1-c1ncccc1Cl. The zero-order chi connectivity index (χ0) is 25.0. The predicted octanol–water partition coefficient (Wildman–Crippen LogP) is 6.21. The van der Waals surface area contributed by atoms with Crippen molar-refractivity contribution in [3.05, 3.63) is 68.7 Å². The predicted molar refractivity (Wildman–Crippen MR) is 136 cm³/mol. The Bertz CT molecular complexity index is 1310. The van der Waals surface area contributed by atoms with Gasteiger partial charge in [-0.05, 0) is 79.5 Å². The van der Waals surface area contributed by atoms with Gasteiger partial charge >= 0.3 is 0 Å². The molecule has 3 aromatic rings. The van der Waals surface area contributed by atoms with Crippen LogP contribution in [0.3, 0.4) is 0 Å². The summed E-state index contributed by atoms with van der Waals surface area (Å²) < 4.78 is 20.1. The van der Waals surface area contributed by atoms with Gasteiger partial charge in [-0.25, -0.2) is 14.1 Å². The van der Waals surface area contributed by atoms with E-state index in [4.69, 9.17) is 11.6 Å². The van der Waals surface area contributed by atoms with E-state index in [9.17, 15) is 14.4 Å². The van der Waals surface area contributed by atoms with Crippen molar-refractivity contribution in [2.24, 2.45) is 0 Å². The molecule has 0 aliphatic heterocycles. The number of carbonyl (C=O) groups is 1. The largest absolute Gasteiger partial charge is 0.345 e. The van der Waals surface area contributed by atoms with Crippen LogP contribution in [-0.4, -0.2) is 26.2 Å². The summed E-state index contributed by atoms with van der Waals surface area (Å²) in [5, 5.41) is 17.4. The molecular weight excluding hydrogens is 543 g/mol. The van der Waals surface area contributed by atoms with Crippen molar-refractivity contribution in [2.45, 2.75) is 38.3 Å². The van der Waals surface area contributed by atoms with Crippen molar-refractivity contribution in [3.8, 4) is 11.9 Å². The molecule has 0 radical (unpaired) electrons. The molecule has 176 valence electrons. The monoisotopic (exact) mass is 562 g/mol. The summed E-state index contributed by atoms with van der Waals surface area (Å²) in [5.74, 6) is -1.36. The first kappa shape index (κ1) is 25.7. The number of amides is 1. The fraction of sp³-hybridized carbons (Fsp3) is 0.217. The van der Waals surface area contributed by atoms with Gasteiger partial charge in [-0.2, -0.15) is 10.4 Å². The molecule has 2 aromatic heterocycles. The lowest BCUT2D eigenvalue weighted by Crippen LogP contribution is -2.40. The smallest absolute Gasteiger partial charge is 0.280 e. The van der Waals surface area contributed by atoms with E-state index in [0.29, 0.717) is 42.8 Å². The highest BCUT2D eigenvalue weighted by Crippen LogP contribution is 2.33. The van der Waals surface area contributed by atoms with Crippen LogP contribution in [-0.2, 0) is 4.79 Å². The Morgan fingerprint density at radius 2 is 2.09 bits per heavy atom. The molecule has 1 aromatic carbocycles. The van der Waals surface area contributed by atoms with E-state index < -0.39 is 17.3 Å². The van der Waals surface area contributed by atoms with Gasteiger partial charge in [0, 0.05) is 35.3 Å². The molecule has 11 heteroatoms. The molecule has 0 atom stereocenters. The maximum absolute atomic E-state index is 14.7. The number of hydrogen-bond donors (Lipinski definition) is 2. The van der Waals surface area contributed by atoms with Gasteiger partial charge in [0.05, 0.1) is 22.3 Å². The summed E-state index contributed by atoms with van der Waals surface area (Å²) in [6.45, 7) is 7.07. The Hall–Kier alpha value is -2.87. The highest BCUT2D eigenvalue weighted by Gasteiger charge is 2.19. The highest BCUT2D eigenvalue weighted by atomic mass is 79.9. The maximum Gasteiger partial charge on any atom is 0.280 e. The molecule has 0 fully saturated rings. The molecule has 2 N–H and O–H groups in total. The fourth-order valence-corrected chi connectivity index (χ4v) is 4.53. The first-order chi connectivity index (χ1) is 16.0. The molecule has 2 heterocycles. The maximum atomic E-state index is 14.7. The van der Waals surface area contributed by atoms with Gasteiger partial charge in [-0.3, -0.25) is 4.79 Å². The Kier molecular flexibility index (Phi) is 8.02. The first-order valence-electron chi connectivity index (χ1n) is 10.0. The summed E-state index contributed by atoms with van der Waals surface area (Å²) in [6.07, 6.45) is 2.72. The van der Waals surface area contributed by atoms with Crippen molar-refractivity contribution in [1.29, 1.82) is 5.26 Å². The number of benzene rings is 1. The fourth-order valence-electron chi connectivity index (χ4n) is 2.93. The second-order valence-electron chi connectivity index (χ2n) is 8.30. The Morgan fingerprint density at radius 1 is 1.35 bits per heavy atom. The number of nitrogens with zero attached hydrogens (tertiary/aromatic N) is 4. The summed E-state index contributed by atoms with van der Waals surface area (Å²) in [4.78, 5) is 16.5. The summed E-state index contributed by atoms with van der Waals surface area (Å²) in [7, 11) is 0. The molecule has 0 saturated heterocycles. The number of aryl methyl sites for hydroxylation is 1. The average Bonchev–Trinajstić information content (AvgIpc) is 3.12. The number of carbonyl (C=O) groups excluding carboxylic acids is 1. The van der Waals surface area contributed by atoms with E-state index in [1.165, 1.54) is 18.0 Å². The van der Waals surface area contributed by atoms with Crippen LogP contribution in [0.15, 0.2) is 52.0 Å². The second kappa shape index (κ2) is 10.6. The van der Waals surface area contributed by atoms with Crippen molar-refractivity contribution in [2.75, 3.05) is 4.72 Å². The minimum absolute atomic E-state index is 0.344. The molecule has 0 aliphatic carbocycles. The van der Waals surface area contributed by atoms with Crippen molar-refractivity contribution in [3.63, 3.8) is 0 Å². The first-order valence-corrected chi connectivity index (χ1v) is 12.0. The van der Waals surface area contributed by atoms with Gasteiger partial charge in [0.25, 0.3) is 5.91 Å². The Balaban J connectivity index is 1.96. The van der Waals surface area contributed by atoms with E-state index in [1.807, 2.05) is 0 Å². The third-order valence-electron chi connectivity index (χ3n) is 4.33. The second-order valence-corrected chi connectivity index (χ2v) is 10.3. The molecule has 1 amide bonds. The Morgan fingerprint density at radius 3 is 2.74 bits per heavy atom. The molecule has 0 bridgehead atoms. The van der Waals surface area contributed by atoms with Crippen molar-refractivity contribution >= 4 is 57.1 Å². The minimum atomic E-state index is -0.967. The van der Waals surface area contributed by atoms with E-state index in [0.717, 1.165) is 6.08 Å². The third-order valence-corrected chi connectivity index (χ3v) is 5.82. The quantitative estimate of drug-likeness (QED) is 0.274. The van der Waals surface area contributed by atoms with Gasteiger partial charge in [-0.1, -0.05) is 11.6 Å². The molecule has 0 spiro atoms. The number of aromatic nitrogens is 3. The van der Waals surface area contributed by atoms with Crippen molar-refractivity contribution < 1.29 is 9.18 Å². The molecular formula is C23H21BrClFN6OS. The van der Waals surface area contributed by atoms with Crippen LogP contribution in [0.25, 0.3) is 11.9 Å². The molecule has 0 unspecified atom stereocenters. The topological polar surface area (TPSA) is 95.6 Å². The lowest BCUT2D eigenvalue weighted by atomic mass is 10.0. The van der Waals surface area contributed by atoms with Gasteiger partial charge in [0.15, 0.2) is 11.6 Å². The third kappa shape index (κ3) is 6.38. The number of hydrogen-bond acceptors (Lipinski definition) is 6. The number of pyridine rings is 1. The van der Waals surface area contributed by atoms with Gasteiger partial charge in [0.1, 0.15) is 9.63 Å². The standard InChI is InChI=1S/C23H21BrClFN6OS/c1-13-8-14(12-27)9-15(10-17(26)22(33)29-23(2,3)4)20(13)31-34-19-11-18(24)30-32(19)21-16(25)6-5-7-28-21/h5-11,31H,1-4H3,(H,29,33)/b17-10-. The molecule has 3 rings (SSSR count). The summed E-state index contributed by atoms with van der Waals surface area (Å²) >= 11 is 10.9. The molecule has 0 aliphatic rings. The normalized spacial score (nSPS) is 11.8. The summed E-state index contributed by atoms with van der Waals surface area (Å²) in [6, 6.07) is 10.5. The van der Waals surface area contributed by atoms with Crippen LogP contribution in [0.1, 0.15) is 37.5 Å². The van der Waals surface area contributed by atoms with E-state index in [-0.39, 0.29) is 0 Å². The highest BCUT2D eigenvalue weighted by molar-refractivity contribution is 9.10. The van der Waals surface area contributed by atoms with Crippen LogP contribution in [0, 0.1) is 18.3 Å². The van der Waals surface area contributed by atoms with E-state index in [2.05, 4.69) is 42.1 Å². The summed E-state index contributed by atoms with van der Waals surface area (Å²) in [5.41, 5.74) is 1.34. The lowest BCUT2D eigenvalue weighted by Gasteiger charge is -2.20. The molecule has 0 saturated carbocycles. The van der Waals surface area contributed by atoms with Gasteiger partial charge in [0.2, 0.25) is 0 Å². The average molecular weight is 564 g/mol. The molecule has 34 heavy (non-hydrogen) atoms. The van der Waals surface area contributed by atoms with Crippen LogP contribution >= 0.6 is 39.5 Å². The number of halogens is 3.